The first-order valence-electron chi connectivity index (χ1n) is 8.63. The Kier molecular flexibility index (Phi) is 8.12. The third-order valence-corrected chi connectivity index (χ3v) is 7.07. The molecule has 3 saturated heterocycles. The van der Waals surface area contributed by atoms with E-state index in [1.54, 1.807) is 4.90 Å². The van der Waals surface area contributed by atoms with Gasteiger partial charge in [0.2, 0.25) is 20.0 Å². The lowest BCUT2D eigenvalue weighted by molar-refractivity contribution is -0.0274. The Hall–Kier alpha value is -0.700. The van der Waals surface area contributed by atoms with E-state index in [-0.39, 0.29) is 29.8 Å². The number of nitrogens with zero attached hydrogens (tertiary/aromatic N) is 2. The number of hydrogen-bond acceptors (Lipinski definition) is 8. The number of ether oxygens (including phenoxy) is 1. The maximum Gasteiger partial charge on any atom is 0.410 e. The fourth-order valence-corrected chi connectivity index (χ4v) is 4.13. The first-order chi connectivity index (χ1) is 12.2. The molecule has 28 heavy (non-hydrogen) atoms. The fraction of sp³-hybridized carbons (Fsp3) is 0.929. The van der Waals surface area contributed by atoms with E-state index in [0.29, 0.717) is 39.3 Å². The van der Waals surface area contributed by atoms with Gasteiger partial charge in [0.15, 0.2) is 0 Å². The predicted octanol–water partition coefficient (Wildman–Crippen LogP) is -1.75. The van der Waals surface area contributed by atoms with Crippen molar-refractivity contribution in [2.24, 2.45) is 10.3 Å². The lowest BCUT2D eigenvalue weighted by Gasteiger charge is -2.50. The van der Waals surface area contributed by atoms with Gasteiger partial charge in [-0.25, -0.2) is 31.9 Å². The van der Waals surface area contributed by atoms with Crippen molar-refractivity contribution in [2.45, 2.75) is 42.9 Å². The Morgan fingerprint density at radius 3 is 1.71 bits per heavy atom. The highest BCUT2D eigenvalue weighted by Crippen LogP contribution is 2.24. The number of carbonyl (C=O) groups is 1. The van der Waals surface area contributed by atoms with Crippen LogP contribution >= 0.6 is 12.4 Å². The summed E-state index contributed by atoms with van der Waals surface area (Å²) >= 11 is 0. The second-order valence-electron chi connectivity index (χ2n) is 8.07. The molecule has 1 amide bonds. The number of halogens is 1. The Bertz CT molecular complexity index is 754. The van der Waals surface area contributed by atoms with Crippen LogP contribution in [0.4, 0.5) is 4.79 Å². The Morgan fingerprint density at radius 1 is 0.964 bits per heavy atom. The van der Waals surface area contributed by atoms with Crippen LogP contribution in [-0.4, -0.2) is 94.1 Å². The van der Waals surface area contributed by atoms with Gasteiger partial charge in [0.25, 0.3) is 0 Å². The zero-order valence-electron chi connectivity index (χ0n) is 16.2. The molecular formula is C14H30ClN5O6S2. The van der Waals surface area contributed by atoms with E-state index < -0.39 is 30.9 Å². The molecule has 0 aliphatic carbocycles. The van der Waals surface area contributed by atoms with Crippen LogP contribution in [0, 0.1) is 0 Å². The molecule has 0 saturated carbocycles. The maximum absolute atomic E-state index is 11.7. The largest absolute Gasteiger partial charge is 0.444 e. The summed E-state index contributed by atoms with van der Waals surface area (Å²) in [6.45, 7) is 8.62. The molecule has 0 unspecified atom stereocenters. The van der Waals surface area contributed by atoms with Crippen LogP contribution in [0.2, 0.25) is 0 Å². The molecule has 0 aromatic heterocycles. The molecule has 0 aromatic rings. The van der Waals surface area contributed by atoms with Gasteiger partial charge in [0.05, 0.1) is 5.25 Å². The molecule has 3 aliphatic rings. The number of sulfonamides is 2. The number of hydrogen-bond donors (Lipinski definition) is 3. The summed E-state index contributed by atoms with van der Waals surface area (Å²) in [4.78, 5) is 15.4. The van der Waals surface area contributed by atoms with Crippen molar-refractivity contribution in [3.8, 4) is 0 Å². The molecule has 0 radical (unpaired) electrons. The second-order valence-corrected chi connectivity index (χ2v) is 11.8. The smallest absolute Gasteiger partial charge is 0.410 e. The first kappa shape index (κ1) is 25.3. The summed E-state index contributed by atoms with van der Waals surface area (Å²) in [5.41, 5.74) is -0.488. The topological polar surface area (TPSA) is 165 Å². The van der Waals surface area contributed by atoms with Crippen LogP contribution in [0.1, 0.15) is 20.8 Å². The van der Waals surface area contributed by atoms with Gasteiger partial charge in [-0.3, -0.25) is 4.90 Å². The van der Waals surface area contributed by atoms with Gasteiger partial charge in [0, 0.05) is 45.3 Å². The summed E-state index contributed by atoms with van der Waals surface area (Å²) in [7, 11) is -6.65. The first-order valence-corrected chi connectivity index (χ1v) is 11.8. The lowest BCUT2D eigenvalue weighted by Crippen LogP contribution is -2.69. The molecule has 14 heteroatoms. The van der Waals surface area contributed by atoms with Gasteiger partial charge < -0.3 is 15.0 Å². The summed E-state index contributed by atoms with van der Waals surface area (Å²) in [6, 6.07) is 0.227. The van der Waals surface area contributed by atoms with E-state index in [9.17, 15) is 21.6 Å². The standard InChI is InChI=1S/C11H21N3O4S.C3H8N2O2S.ClH/c1-11(2,3)18-10(15)14-4-8(5-14)13-6-9(7-13)19(12,16)17;4-8(6,7)3-1-5-2-3;/h8-9H,4-7H2,1-3H3,(H2,12,16,17);3,5H,1-2H2,(H2,4,6,7);1H. The highest BCUT2D eigenvalue weighted by Gasteiger charge is 2.44. The average Bonchev–Trinajstić information content (AvgIpc) is 2.21. The summed E-state index contributed by atoms with van der Waals surface area (Å²) < 4.78 is 48.1. The predicted molar refractivity (Wildman–Crippen MR) is 107 cm³/mol. The van der Waals surface area contributed by atoms with E-state index in [1.807, 2.05) is 25.7 Å². The zero-order chi connectivity index (χ0) is 20.6. The van der Waals surface area contributed by atoms with Crippen LogP contribution < -0.4 is 15.6 Å². The minimum Gasteiger partial charge on any atom is -0.444 e. The third-order valence-electron chi connectivity index (χ3n) is 4.58. The average molecular weight is 464 g/mol. The molecular weight excluding hydrogens is 434 g/mol. The Morgan fingerprint density at radius 2 is 1.43 bits per heavy atom. The van der Waals surface area contributed by atoms with Crippen molar-refractivity contribution in [2.75, 3.05) is 39.3 Å². The van der Waals surface area contributed by atoms with E-state index in [4.69, 9.17) is 15.0 Å². The number of likely N-dealkylation sites (tertiary alicyclic amines) is 2. The van der Waals surface area contributed by atoms with E-state index in [2.05, 4.69) is 5.32 Å². The highest BCUT2D eigenvalue weighted by molar-refractivity contribution is 7.90. The van der Waals surface area contributed by atoms with Gasteiger partial charge in [-0.15, -0.1) is 12.4 Å². The van der Waals surface area contributed by atoms with Gasteiger partial charge in [-0.05, 0) is 20.8 Å². The summed E-state index contributed by atoms with van der Waals surface area (Å²) in [5, 5.41) is 11.9. The number of nitrogens with one attached hydrogen (secondary N) is 1. The van der Waals surface area contributed by atoms with Gasteiger partial charge in [0.1, 0.15) is 10.9 Å². The van der Waals surface area contributed by atoms with Gasteiger partial charge in [-0.1, -0.05) is 0 Å². The van der Waals surface area contributed by atoms with Crippen molar-refractivity contribution in [3.05, 3.63) is 0 Å². The minimum absolute atomic E-state index is 0. The quantitative estimate of drug-likeness (QED) is 0.443. The molecule has 3 fully saturated rings. The van der Waals surface area contributed by atoms with Crippen molar-refractivity contribution >= 4 is 38.5 Å². The molecule has 166 valence electrons. The van der Waals surface area contributed by atoms with E-state index in [1.165, 1.54) is 0 Å². The van der Waals surface area contributed by atoms with E-state index in [0.717, 1.165) is 0 Å². The van der Waals surface area contributed by atoms with Crippen molar-refractivity contribution in [1.82, 2.24) is 15.1 Å². The second kappa shape index (κ2) is 8.98. The SMILES string of the molecule is CC(C)(C)OC(=O)N1CC(N2CC(S(N)(=O)=O)C2)C1.Cl.NS(=O)(=O)C1CNC1. The Labute approximate surface area is 172 Å². The zero-order valence-corrected chi connectivity index (χ0v) is 18.6. The van der Waals surface area contributed by atoms with Crippen molar-refractivity contribution < 1.29 is 26.4 Å². The summed E-state index contributed by atoms with van der Waals surface area (Å²) in [5.74, 6) is 0. The normalized spacial score (nSPS) is 22.0. The van der Waals surface area contributed by atoms with Gasteiger partial charge >= 0.3 is 6.09 Å². The molecule has 0 aromatic carbocycles. The van der Waals surface area contributed by atoms with Crippen LogP contribution in [-0.2, 0) is 24.8 Å². The van der Waals surface area contributed by atoms with E-state index >= 15 is 0 Å². The molecule has 3 aliphatic heterocycles. The van der Waals surface area contributed by atoms with Crippen LogP contribution in [0.25, 0.3) is 0 Å². The van der Waals surface area contributed by atoms with Crippen LogP contribution in [0.3, 0.4) is 0 Å². The number of nitrogens with two attached hydrogens (primary N) is 2. The maximum atomic E-state index is 11.7. The molecule has 3 heterocycles. The monoisotopic (exact) mass is 463 g/mol. The molecule has 3 rings (SSSR count). The highest BCUT2D eigenvalue weighted by atomic mass is 35.5. The van der Waals surface area contributed by atoms with Crippen LogP contribution in [0.15, 0.2) is 0 Å². The molecule has 11 nitrogen and oxygen atoms in total. The fourth-order valence-electron chi connectivity index (χ4n) is 2.63. The van der Waals surface area contributed by atoms with Crippen molar-refractivity contribution in [3.63, 3.8) is 0 Å². The van der Waals surface area contributed by atoms with Gasteiger partial charge in [-0.2, -0.15) is 0 Å². The molecule has 0 atom stereocenters. The number of carbonyl (C=O) groups excluding carboxylic acids is 1. The molecule has 0 spiro atoms. The molecule has 0 bridgehead atoms. The lowest BCUT2D eigenvalue weighted by atomic mass is 10.0. The van der Waals surface area contributed by atoms with Crippen molar-refractivity contribution in [1.29, 1.82) is 0 Å². The number of primary sulfonamides is 2. The third kappa shape index (κ3) is 6.97. The molecule has 5 N–H and O–H groups in total. The minimum atomic E-state index is -3.42. The Balaban J connectivity index is 0.000000367. The summed E-state index contributed by atoms with van der Waals surface area (Å²) in [6.07, 6.45) is -0.313. The van der Waals surface area contributed by atoms with Crippen LogP contribution in [0.5, 0.6) is 0 Å². The number of rotatable bonds is 3. The number of amides is 1.